The Hall–Kier alpha value is -1.54. The first kappa shape index (κ1) is 69.3. The molecule has 88 heavy (non-hydrogen) atoms. The molecule has 0 aromatic heterocycles. The zero-order valence-corrected chi connectivity index (χ0v) is 49.0. The standard InChI is InChI=1S/C56H92O32/c1-19-12-55-10-6-26-53(3,8-5-9-54(26,4)52(76)87-50-41(75)36(70)43(25(17-61)82-50)84-47-38(72)33(67)29(63)21(13-57)78-47)27(55)7-11-56(19,18-55)88-51-45(86-48-39(73)34(68)30(64)22(14-58)79-48)44(31(65)23(15-59)80-51)85-49-40(74)35(69)42(24(16-60)81-49)83-46-37(71)32(66)28(62)20(2)77-46/h20-52,57-76H,1,5-18H2,2-4H3/t20?,21?,22?,23?,24?,25?,26?,27-,28?,29?,30?,31?,32?,33?,34?,35?,36?,37?,38?,39?,40?,41?,42?,43?,44?,45?,46?,47?,48?,49?,50?,51?,52?,53+,54+,55+,56-/m0/s1. The van der Waals surface area contributed by atoms with Crippen molar-refractivity contribution in [1.82, 2.24) is 0 Å². The zero-order chi connectivity index (χ0) is 64.0. The van der Waals surface area contributed by atoms with Crippen LogP contribution in [0.25, 0.3) is 0 Å². The van der Waals surface area contributed by atoms with Crippen molar-refractivity contribution >= 4 is 0 Å². The minimum Gasteiger partial charge on any atom is -0.394 e. The molecule has 0 aromatic rings. The lowest BCUT2D eigenvalue weighted by Crippen LogP contribution is -2.68. The molecule has 20 N–H and O–H groups in total. The summed E-state index contributed by atoms with van der Waals surface area (Å²) in [6.07, 6.45) is -49.8. The predicted molar refractivity (Wildman–Crippen MR) is 284 cm³/mol. The molecule has 0 radical (unpaired) electrons. The fraction of sp³-hybridized carbons (Fsp3) is 0.964. The van der Waals surface area contributed by atoms with E-state index in [1.165, 1.54) is 6.92 Å². The van der Waals surface area contributed by atoms with E-state index in [0.717, 1.165) is 6.42 Å². The second-order valence-electron chi connectivity index (χ2n) is 26.6. The molecule has 32 heteroatoms. The van der Waals surface area contributed by atoms with Crippen molar-refractivity contribution in [3.05, 3.63) is 12.2 Å². The molecule has 10 fully saturated rings. The van der Waals surface area contributed by atoms with Gasteiger partial charge < -0.3 is 159 Å². The summed E-state index contributed by atoms with van der Waals surface area (Å²) in [5.74, 6) is -0.279. The van der Waals surface area contributed by atoms with Gasteiger partial charge in [0.15, 0.2) is 44.0 Å². The van der Waals surface area contributed by atoms with Crippen LogP contribution in [-0.4, -0.2) is 331 Å². The van der Waals surface area contributed by atoms with Crippen molar-refractivity contribution in [2.45, 2.75) is 275 Å². The van der Waals surface area contributed by atoms with Gasteiger partial charge in [0.1, 0.15) is 140 Å². The molecule has 4 aliphatic carbocycles. The Morgan fingerprint density at radius 1 is 0.443 bits per heavy atom. The molecule has 6 saturated heterocycles. The summed E-state index contributed by atoms with van der Waals surface area (Å²) >= 11 is 0. The summed E-state index contributed by atoms with van der Waals surface area (Å²) in [7, 11) is 0. The fourth-order valence-electron chi connectivity index (χ4n) is 16.6. The van der Waals surface area contributed by atoms with Crippen LogP contribution < -0.4 is 0 Å². The molecule has 37 atom stereocenters. The minimum absolute atomic E-state index is 0.0489. The summed E-state index contributed by atoms with van der Waals surface area (Å²) in [4.78, 5) is 0. The van der Waals surface area contributed by atoms with Gasteiger partial charge in [-0.2, -0.15) is 0 Å². The Labute approximate surface area is 505 Å². The van der Waals surface area contributed by atoms with E-state index in [4.69, 9.17) is 56.8 Å². The monoisotopic (exact) mass is 1280 g/mol. The first-order chi connectivity index (χ1) is 41.6. The van der Waals surface area contributed by atoms with Gasteiger partial charge in [-0.15, -0.1) is 0 Å². The van der Waals surface area contributed by atoms with Crippen LogP contribution in [0, 0.1) is 28.1 Å². The average Bonchev–Trinajstić information content (AvgIpc) is 1.41. The van der Waals surface area contributed by atoms with Crippen LogP contribution in [0.3, 0.4) is 0 Å². The van der Waals surface area contributed by atoms with Crippen molar-refractivity contribution in [3.8, 4) is 0 Å². The molecular formula is C56H92O32. The van der Waals surface area contributed by atoms with E-state index in [0.29, 0.717) is 56.9 Å². The van der Waals surface area contributed by atoms with E-state index in [2.05, 4.69) is 13.5 Å². The van der Waals surface area contributed by atoms with Crippen LogP contribution in [0.5, 0.6) is 0 Å². The van der Waals surface area contributed by atoms with Crippen LogP contribution in [-0.2, 0) is 56.8 Å². The first-order valence-corrected chi connectivity index (χ1v) is 30.4. The molecular weight excluding hydrogens is 1180 g/mol. The van der Waals surface area contributed by atoms with Gasteiger partial charge >= 0.3 is 0 Å². The number of aliphatic hydroxyl groups excluding tert-OH is 20. The Morgan fingerprint density at radius 2 is 0.864 bits per heavy atom. The van der Waals surface area contributed by atoms with E-state index in [9.17, 15) is 102 Å². The lowest BCUT2D eigenvalue weighted by molar-refractivity contribution is -0.404. The average molecular weight is 1280 g/mol. The smallest absolute Gasteiger partial charge is 0.189 e. The van der Waals surface area contributed by atoms with Gasteiger partial charge in [0.05, 0.1) is 44.7 Å². The SMILES string of the molecule is C=C1C[C@@]23CCC4[C@](C)(C(O)OC5OC(CO)C(OC6OC(CO)C(O)C(O)C6O)C(O)C5O)CCC[C@@]4(C)[C@@H]2CC[C@]1(OC1OC(CO)C(O)C(OC2OC(CO)C(OC4OC(C)C(O)C(O)C4O)C(O)C2O)C1OC1OC(CO)C(O)C(O)C1O)C3. The van der Waals surface area contributed by atoms with Gasteiger partial charge in [-0.25, -0.2) is 0 Å². The highest BCUT2D eigenvalue weighted by molar-refractivity contribution is 5.30. The van der Waals surface area contributed by atoms with Crippen molar-refractivity contribution in [3.63, 3.8) is 0 Å². The van der Waals surface area contributed by atoms with Gasteiger partial charge in [0.2, 0.25) is 0 Å². The number of ether oxygens (including phenoxy) is 12. The topological polar surface area (TPSA) is 515 Å². The highest BCUT2D eigenvalue weighted by Gasteiger charge is 2.70. The number of hydrogen-bond donors (Lipinski definition) is 20. The van der Waals surface area contributed by atoms with Gasteiger partial charge in [-0.3, -0.25) is 0 Å². The number of hydrogen-bond acceptors (Lipinski definition) is 32. The second kappa shape index (κ2) is 26.9. The highest BCUT2D eigenvalue weighted by Crippen LogP contribution is 2.74. The summed E-state index contributed by atoms with van der Waals surface area (Å²) in [6.45, 7) is 5.69. The largest absolute Gasteiger partial charge is 0.394 e. The van der Waals surface area contributed by atoms with Gasteiger partial charge in [0, 0.05) is 5.41 Å². The van der Waals surface area contributed by atoms with Crippen molar-refractivity contribution < 1.29 is 159 Å². The maximum Gasteiger partial charge on any atom is 0.189 e. The van der Waals surface area contributed by atoms with Gasteiger partial charge in [-0.1, -0.05) is 26.8 Å². The molecule has 6 aliphatic heterocycles. The molecule has 6 heterocycles. The van der Waals surface area contributed by atoms with E-state index in [1.54, 1.807) is 0 Å². The molecule has 1 spiro atoms. The molecule has 0 aromatic carbocycles. The van der Waals surface area contributed by atoms with Crippen molar-refractivity contribution in [2.24, 2.45) is 28.1 Å². The Morgan fingerprint density at radius 3 is 1.40 bits per heavy atom. The predicted octanol–water partition coefficient (Wildman–Crippen LogP) is -8.65. The van der Waals surface area contributed by atoms with E-state index >= 15 is 0 Å². The summed E-state index contributed by atoms with van der Waals surface area (Å²) in [5.41, 5.74) is -2.60. The molecule has 10 rings (SSSR count). The van der Waals surface area contributed by atoms with Crippen LogP contribution in [0.15, 0.2) is 12.2 Å². The maximum absolute atomic E-state index is 12.3. The first-order valence-electron chi connectivity index (χ1n) is 30.4. The third kappa shape index (κ3) is 12.1. The fourth-order valence-corrected chi connectivity index (χ4v) is 16.6. The van der Waals surface area contributed by atoms with Crippen LogP contribution in [0.1, 0.15) is 78.6 Å². The van der Waals surface area contributed by atoms with Crippen molar-refractivity contribution in [2.75, 3.05) is 33.0 Å². The second-order valence-corrected chi connectivity index (χ2v) is 26.6. The molecule has 32 unspecified atom stereocenters. The lowest BCUT2D eigenvalue weighted by atomic mass is 9.40. The lowest BCUT2D eigenvalue weighted by Gasteiger charge is -2.65. The molecule has 32 nitrogen and oxygen atoms in total. The summed E-state index contributed by atoms with van der Waals surface area (Å²) in [5, 5.41) is 217. The van der Waals surface area contributed by atoms with E-state index in [1.807, 2.05) is 6.92 Å². The Balaban J connectivity index is 0.871. The quantitative estimate of drug-likeness (QED) is 0.0344. The minimum atomic E-state index is -2.12. The zero-order valence-electron chi connectivity index (χ0n) is 49.0. The number of fused-ring (bicyclic) bond motifs is 3. The Bertz CT molecular complexity index is 2330. The third-order valence-electron chi connectivity index (χ3n) is 21.5. The maximum atomic E-state index is 12.3. The van der Waals surface area contributed by atoms with Crippen LogP contribution >= 0.6 is 0 Å². The van der Waals surface area contributed by atoms with Gasteiger partial charge in [0.25, 0.3) is 0 Å². The van der Waals surface area contributed by atoms with Gasteiger partial charge in [-0.05, 0) is 86.5 Å². The Kier molecular flexibility index (Phi) is 21.2. The van der Waals surface area contributed by atoms with Crippen LogP contribution in [0.2, 0.25) is 0 Å². The summed E-state index contributed by atoms with van der Waals surface area (Å²) < 4.78 is 72.3. The molecule has 4 saturated carbocycles. The molecule has 10 aliphatic rings. The summed E-state index contributed by atoms with van der Waals surface area (Å²) in [6, 6.07) is 0. The molecule has 2 bridgehead atoms. The van der Waals surface area contributed by atoms with Crippen LogP contribution in [0.4, 0.5) is 0 Å². The molecule has 0 amide bonds. The molecule has 508 valence electrons. The van der Waals surface area contributed by atoms with Crippen molar-refractivity contribution in [1.29, 1.82) is 0 Å². The van der Waals surface area contributed by atoms with E-state index < -0.39 is 245 Å². The number of aliphatic hydroxyl groups is 20. The normalized spacial score (nSPS) is 55.4. The number of rotatable bonds is 18. The third-order valence-corrected chi connectivity index (χ3v) is 21.5. The highest BCUT2D eigenvalue weighted by atomic mass is 16.8. The van der Waals surface area contributed by atoms with E-state index in [-0.39, 0.29) is 11.8 Å².